The van der Waals surface area contributed by atoms with Gasteiger partial charge in [-0.25, -0.2) is 0 Å². The monoisotopic (exact) mass is 519 g/mol. The van der Waals surface area contributed by atoms with E-state index in [-0.39, 0.29) is 5.91 Å². The van der Waals surface area contributed by atoms with Crippen molar-refractivity contribution < 1.29 is 4.79 Å². The summed E-state index contributed by atoms with van der Waals surface area (Å²) in [5.74, 6) is 0.283. The topological polar surface area (TPSA) is 54.9 Å². The molecule has 0 unspecified atom stereocenters. The van der Waals surface area contributed by atoms with Crippen molar-refractivity contribution in [1.82, 2.24) is 10.2 Å². The minimum atomic E-state index is -0.373. The predicted molar refractivity (Wildman–Crippen MR) is 126 cm³/mol. The highest BCUT2D eigenvalue weighted by Crippen LogP contribution is 2.41. The average Bonchev–Trinajstić information content (AvgIpc) is 3.25. The van der Waals surface area contributed by atoms with Gasteiger partial charge in [-0.3, -0.25) is 10.1 Å². The molecule has 0 aliphatic heterocycles. The Hall–Kier alpha value is -1.06. The van der Waals surface area contributed by atoms with Gasteiger partial charge in [0, 0.05) is 25.9 Å². The van der Waals surface area contributed by atoms with Crippen LogP contribution < -0.4 is 5.32 Å². The summed E-state index contributed by atoms with van der Waals surface area (Å²) in [5, 5.41) is 13.8. The number of rotatable bonds is 5. The molecule has 4 nitrogen and oxygen atoms in total. The minimum absolute atomic E-state index is 0.294. The van der Waals surface area contributed by atoms with Gasteiger partial charge in [0.05, 0.1) is 10.0 Å². The quantitative estimate of drug-likeness (QED) is 0.214. The van der Waals surface area contributed by atoms with E-state index in [0.29, 0.717) is 41.2 Å². The number of carbonyl (C=O) groups excluding carboxylic acids is 1. The Morgan fingerprint density at radius 1 is 1.03 bits per heavy atom. The summed E-state index contributed by atoms with van der Waals surface area (Å²) in [4.78, 5) is 13.0. The third-order valence-electron chi connectivity index (χ3n) is 3.79. The number of halogens is 4. The first-order chi connectivity index (χ1) is 13.9. The van der Waals surface area contributed by atoms with Gasteiger partial charge in [-0.2, -0.15) is 0 Å². The molecule has 2 aromatic heterocycles. The first kappa shape index (κ1) is 21.2. The molecule has 2 heterocycles. The molecule has 0 fully saturated rings. The smallest absolute Gasteiger partial charge is 0.269 e. The van der Waals surface area contributed by atoms with Gasteiger partial charge in [0.15, 0.2) is 4.34 Å². The van der Waals surface area contributed by atoms with Crippen molar-refractivity contribution in [3.05, 3.63) is 66.9 Å². The normalized spacial score (nSPS) is 11.2. The zero-order valence-electron chi connectivity index (χ0n) is 14.2. The zero-order valence-corrected chi connectivity index (χ0v) is 19.7. The molecule has 1 amide bonds. The number of carbonyl (C=O) groups is 1. The van der Waals surface area contributed by atoms with Crippen molar-refractivity contribution in [2.24, 2.45) is 0 Å². The van der Waals surface area contributed by atoms with E-state index in [0.717, 1.165) is 14.6 Å². The molecule has 11 heteroatoms. The molecule has 0 radical (unpaired) electrons. The van der Waals surface area contributed by atoms with Gasteiger partial charge < -0.3 is 0 Å². The predicted octanol–water partition coefficient (Wildman–Crippen LogP) is 7.91. The van der Waals surface area contributed by atoms with E-state index in [1.165, 1.54) is 34.4 Å². The summed E-state index contributed by atoms with van der Waals surface area (Å²) in [6.07, 6.45) is 0. The van der Waals surface area contributed by atoms with Gasteiger partial charge >= 0.3 is 0 Å². The van der Waals surface area contributed by atoms with Crippen molar-refractivity contribution in [2.45, 2.75) is 10.1 Å². The van der Waals surface area contributed by atoms with Crippen LogP contribution in [0.4, 0.5) is 5.13 Å². The van der Waals surface area contributed by atoms with Gasteiger partial charge in [0.1, 0.15) is 4.88 Å². The van der Waals surface area contributed by atoms with E-state index in [1.54, 1.807) is 12.1 Å². The van der Waals surface area contributed by atoms with E-state index in [4.69, 9.17) is 46.4 Å². The van der Waals surface area contributed by atoms with E-state index in [1.807, 2.05) is 24.3 Å². The molecule has 0 bridgehead atoms. The maximum absolute atomic E-state index is 12.7. The molecular formula is C18H9Cl4N3OS3. The number of amides is 1. The van der Waals surface area contributed by atoms with Crippen molar-refractivity contribution in [2.75, 3.05) is 5.32 Å². The lowest BCUT2D eigenvalue weighted by molar-refractivity contribution is 0.103. The summed E-state index contributed by atoms with van der Waals surface area (Å²) in [6, 6.07) is 10.9. The Labute approximate surface area is 198 Å². The Bertz CT molecular complexity index is 1220. The highest BCUT2D eigenvalue weighted by molar-refractivity contribution is 8.00. The summed E-state index contributed by atoms with van der Waals surface area (Å²) in [7, 11) is 0. The minimum Gasteiger partial charge on any atom is -0.296 e. The SMILES string of the molecule is O=C(Nc1nnc(SCc2ccccc2Cl)s1)c1sc2cc(Cl)cc(Cl)c2c1Cl. The van der Waals surface area contributed by atoms with Crippen molar-refractivity contribution in [1.29, 1.82) is 0 Å². The maximum Gasteiger partial charge on any atom is 0.269 e. The first-order valence-corrected chi connectivity index (χ1v) is 12.1. The molecule has 4 rings (SSSR count). The Balaban J connectivity index is 1.48. The maximum atomic E-state index is 12.7. The Kier molecular flexibility index (Phi) is 6.56. The van der Waals surface area contributed by atoms with Crippen LogP contribution in [0.15, 0.2) is 40.7 Å². The lowest BCUT2D eigenvalue weighted by Gasteiger charge is -2.01. The number of benzene rings is 2. The van der Waals surface area contributed by atoms with Crippen molar-refractivity contribution >= 4 is 102 Å². The number of thioether (sulfide) groups is 1. The van der Waals surface area contributed by atoms with Gasteiger partial charge in [-0.15, -0.1) is 21.5 Å². The summed E-state index contributed by atoms with van der Waals surface area (Å²) in [5.41, 5.74) is 1.01. The fourth-order valence-electron chi connectivity index (χ4n) is 2.49. The molecule has 0 spiro atoms. The second-order valence-electron chi connectivity index (χ2n) is 5.71. The molecule has 0 aliphatic carbocycles. The van der Waals surface area contributed by atoms with Gasteiger partial charge in [0.2, 0.25) is 5.13 Å². The number of nitrogens with zero attached hydrogens (tertiary/aromatic N) is 2. The number of anilines is 1. The molecule has 0 saturated heterocycles. The fourth-order valence-corrected chi connectivity index (χ4v) is 6.79. The van der Waals surface area contributed by atoms with Crippen LogP contribution in [0.2, 0.25) is 20.1 Å². The van der Waals surface area contributed by atoms with E-state index >= 15 is 0 Å². The third kappa shape index (κ3) is 4.66. The third-order valence-corrected chi connectivity index (χ3v) is 8.32. The molecule has 29 heavy (non-hydrogen) atoms. The van der Waals surface area contributed by atoms with Gasteiger partial charge in [-0.05, 0) is 23.8 Å². The highest BCUT2D eigenvalue weighted by Gasteiger charge is 2.21. The van der Waals surface area contributed by atoms with Crippen LogP contribution in [0.5, 0.6) is 0 Å². The van der Waals surface area contributed by atoms with Crippen LogP contribution in [-0.2, 0) is 5.75 Å². The van der Waals surface area contributed by atoms with Crippen LogP contribution in [-0.4, -0.2) is 16.1 Å². The van der Waals surface area contributed by atoms with Crippen LogP contribution in [0.25, 0.3) is 10.1 Å². The van der Waals surface area contributed by atoms with E-state index in [9.17, 15) is 4.79 Å². The number of hydrogen-bond donors (Lipinski definition) is 1. The van der Waals surface area contributed by atoms with E-state index in [2.05, 4.69) is 15.5 Å². The number of fused-ring (bicyclic) bond motifs is 1. The molecule has 0 saturated carbocycles. The summed E-state index contributed by atoms with van der Waals surface area (Å²) >= 11 is 28.8. The van der Waals surface area contributed by atoms with Crippen LogP contribution in [0, 0.1) is 0 Å². The first-order valence-electron chi connectivity index (χ1n) is 8.00. The van der Waals surface area contributed by atoms with Crippen LogP contribution >= 0.6 is 80.8 Å². The van der Waals surface area contributed by atoms with Crippen LogP contribution in [0.1, 0.15) is 15.2 Å². The van der Waals surface area contributed by atoms with Gasteiger partial charge in [-0.1, -0.05) is 87.7 Å². The second-order valence-corrected chi connectivity index (χ2v) is 10.6. The average molecular weight is 521 g/mol. The zero-order chi connectivity index (χ0) is 20.5. The lowest BCUT2D eigenvalue weighted by Crippen LogP contribution is -2.10. The standard InChI is InChI=1S/C18H9Cl4N3OS3/c19-9-5-11(21)13-12(6-9)28-15(14(13)22)16(26)23-17-24-25-18(29-17)27-7-8-3-1-2-4-10(8)20/h1-6H,7H2,(H,23,24,26). The Morgan fingerprint density at radius 2 is 1.83 bits per heavy atom. The molecule has 2 aromatic carbocycles. The lowest BCUT2D eigenvalue weighted by atomic mass is 10.2. The molecule has 0 aliphatic rings. The summed E-state index contributed by atoms with van der Waals surface area (Å²) in [6.45, 7) is 0. The Morgan fingerprint density at radius 3 is 2.62 bits per heavy atom. The second kappa shape index (κ2) is 8.98. The molecule has 1 N–H and O–H groups in total. The van der Waals surface area contributed by atoms with Crippen molar-refractivity contribution in [3.63, 3.8) is 0 Å². The largest absolute Gasteiger partial charge is 0.296 e. The molecule has 0 atom stereocenters. The molecule has 4 aromatic rings. The van der Waals surface area contributed by atoms with Crippen molar-refractivity contribution in [3.8, 4) is 0 Å². The molecule has 148 valence electrons. The number of aromatic nitrogens is 2. The number of hydrogen-bond acceptors (Lipinski definition) is 6. The molecular weight excluding hydrogens is 512 g/mol. The number of thiophene rings is 1. The van der Waals surface area contributed by atoms with E-state index < -0.39 is 0 Å². The fraction of sp³-hybridized carbons (Fsp3) is 0.0556. The number of nitrogens with one attached hydrogen (secondary N) is 1. The van der Waals surface area contributed by atoms with Crippen LogP contribution in [0.3, 0.4) is 0 Å². The highest BCUT2D eigenvalue weighted by atomic mass is 35.5. The van der Waals surface area contributed by atoms with Gasteiger partial charge in [0.25, 0.3) is 5.91 Å². The summed E-state index contributed by atoms with van der Waals surface area (Å²) < 4.78 is 1.46.